The number of aromatic nitrogens is 3. The topological polar surface area (TPSA) is 75.4 Å². The minimum Gasteiger partial charge on any atom is -0.356 e. The number of benzene rings is 1. The van der Waals surface area contributed by atoms with Gasteiger partial charge in [0.15, 0.2) is 5.76 Å². The molecule has 0 bridgehead atoms. The van der Waals surface area contributed by atoms with Gasteiger partial charge in [0.25, 0.3) is 5.91 Å². The monoisotopic (exact) mass is 377 g/mol. The molecule has 0 aliphatic carbocycles. The van der Waals surface area contributed by atoms with E-state index in [-0.39, 0.29) is 11.9 Å². The molecule has 1 aromatic carbocycles. The van der Waals surface area contributed by atoms with Gasteiger partial charge in [-0.05, 0) is 31.9 Å². The van der Waals surface area contributed by atoms with Gasteiger partial charge in [0.2, 0.25) is 5.95 Å². The lowest BCUT2D eigenvalue weighted by Gasteiger charge is -2.26. The molecule has 28 heavy (non-hydrogen) atoms. The van der Waals surface area contributed by atoms with E-state index in [4.69, 9.17) is 9.51 Å². The molecule has 3 heterocycles. The molecule has 1 fully saturated rings. The maximum absolute atomic E-state index is 13.1. The van der Waals surface area contributed by atoms with Crippen LogP contribution in [0.25, 0.3) is 11.3 Å². The van der Waals surface area contributed by atoms with Crippen LogP contribution in [0.1, 0.15) is 40.6 Å². The minimum atomic E-state index is -0.130. The quantitative estimate of drug-likeness (QED) is 0.693. The molecule has 0 spiro atoms. The van der Waals surface area contributed by atoms with Gasteiger partial charge >= 0.3 is 0 Å². The Morgan fingerprint density at radius 2 is 2.04 bits per heavy atom. The van der Waals surface area contributed by atoms with E-state index in [2.05, 4.69) is 10.1 Å². The number of hydrogen-bond acceptors (Lipinski definition) is 6. The second kappa shape index (κ2) is 7.42. The zero-order valence-corrected chi connectivity index (χ0v) is 16.3. The fourth-order valence-corrected chi connectivity index (χ4v) is 3.58. The number of aryl methyl sites for hydroxylation is 1. The van der Waals surface area contributed by atoms with Crippen molar-refractivity contribution in [2.24, 2.45) is 0 Å². The van der Waals surface area contributed by atoms with E-state index in [0.717, 1.165) is 29.8 Å². The highest BCUT2D eigenvalue weighted by Crippen LogP contribution is 2.38. The molecule has 7 heteroatoms. The summed E-state index contributed by atoms with van der Waals surface area (Å²) in [6.45, 7) is 2.58. The van der Waals surface area contributed by atoms with E-state index in [9.17, 15) is 4.79 Å². The van der Waals surface area contributed by atoms with Gasteiger partial charge in [0.1, 0.15) is 0 Å². The summed E-state index contributed by atoms with van der Waals surface area (Å²) in [5, 5.41) is 4.00. The van der Waals surface area contributed by atoms with Crippen LogP contribution >= 0.6 is 0 Å². The van der Waals surface area contributed by atoms with Gasteiger partial charge < -0.3 is 14.3 Å². The largest absolute Gasteiger partial charge is 0.356 e. The number of likely N-dealkylation sites (tertiary alicyclic amines) is 1. The van der Waals surface area contributed by atoms with Crippen molar-refractivity contribution in [3.8, 4) is 11.3 Å². The van der Waals surface area contributed by atoms with Crippen LogP contribution in [-0.2, 0) is 0 Å². The zero-order chi connectivity index (χ0) is 19.7. The molecule has 1 aliphatic rings. The summed E-state index contributed by atoms with van der Waals surface area (Å²) in [5.41, 5.74) is 3.07. The van der Waals surface area contributed by atoms with E-state index in [1.165, 1.54) is 0 Å². The predicted molar refractivity (Wildman–Crippen MR) is 106 cm³/mol. The first-order valence-electron chi connectivity index (χ1n) is 9.38. The summed E-state index contributed by atoms with van der Waals surface area (Å²) in [4.78, 5) is 26.1. The Kier molecular flexibility index (Phi) is 4.81. The third kappa shape index (κ3) is 3.35. The number of carbonyl (C=O) groups excluding carboxylic acids is 1. The lowest BCUT2D eigenvalue weighted by atomic mass is 10.0. The van der Waals surface area contributed by atoms with Crippen molar-refractivity contribution in [1.29, 1.82) is 0 Å². The average molecular weight is 377 g/mol. The van der Waals surface area contributed by atoms with Gasteiger partial charge in [-0.25, -0.2) is 9.97 Å². The fraction of sp³-hybridized carbons (Fsp3) is 0.333. The molecular formula is C21H23N5O2. The first-order chi connectivity index (χ1) is 13.5. The summed E-state index contributed by atoms with van der Waals surface area (Å²) in [7, 11) is 3.80. The van der Waals surface area contributed by atoms with Crippen LogP contribution in [0.15, 0.2) is 47.1 Å². The Bertz CT molecular complexity index is 983. The van der Waals surface area contributed by atoms with Crippen LogP contribution < -0.4 is 4.90 Å². The third-order valence-corrected chi connectivity index (χ3v) is 4.95. The average Bonchev–Trinajstić information content (AvgIpc) is 3.36. The Labute approximate surface area is 164 Å². The van der Waals surface area contributed by atoms with Crippen LogP contribution in [0.5, 0.6) is 0 Å². The van der Waals surface area contributed by atoms with E-state index in [1.807, 2.05) is 67.2 Å². The Balaban J connectivity index is 1.77. The molecule has 1 atom stereocenters. The number of amides is 1. The first-order valence-corrected chi connectivity index (χ1v) is 9.38. The second-order valence-electron chi connectivity index (χ2n) is 7.22. The number of hydrogen-bond donors (Lipinski definition) is 0. The van der Waals surface area contributed by atoms with E-state index in [1.54, 1.807) is 6.20 Å². The van der Waals surface area contributed by atoms with Crippen molar-refractivity contribution in [1.82, 2.24) is 20.0 Å². The van der Waals surface area contributed by atoms with Crippen LogP contribution in [-0.4, -0.2) is 46.6 Å². The molecule has 0 saturated carbocycles. The second-order valence-corrected chi connectivity index (χ2v) is 7.22. The summed E-state index contributed by atoms with van der Waals surface area (Å²) in [6, 6.07) is 11.1. The Morgan fingerprint density at radius 1 is 1.25 bits per heavy atom. The van der Waals surface area contributed by atoms with Crippen molar-refractivity contribution in [2.45, 2.75) is 25.8 Å². The van der Waals surface area contributed by atoms with Crippen LogP contribution in [0.3, 0.4) is 0 Å². The highest BCUT2D eigenvalue weighted by atomic mass is 16.5. The lowest BCUT2D eigenvalue weighted by molar-refractivity contribution is 0.0733. The lowest BCUT2D eigenvalue weighted by Crippen LogP contribution is -2.31. The highest BCUT2D eigenvalue weighted by molar-refractivity contribution is 5.94. The van der Waals surface area contributed by atoms with E-state index in [0.29, 0.717) is 23.8 Å². The van der Waals surface area contributed by atoms with Crippen molar-refractivity contribution >= 4 is 11.9 Å². The van der Waals surface area contributed by atoms with E-state index < -0.39 is 0 Å². The third-order valence-electron chi connectivity index (χ3n) is 4.95. The maximum Gasteiger partial charge on any atom is 0.254 e. The smallest absolute Gasteiger partial charge is 0.254 e. The Hall–Kier alpha value is -3.22. The van der Waals surface area contributed by atoms with Crippen LogP contribution in [0.2, 0.25) is 0 Å². The van der Waals surface area contributed by atoms with E-state index >= 15 is 0 Å². The normalized spacial score (nSPS) is 16.4. The number of carbonyl (C=O) groups is 1. The molecule has 1 amide bonds. The van der Waals surface area contributed by atoms with Crippen LogP contribution in [0, 0.1) is 6.92 Å². The molecule has 144 valence electrons. The molecule has 2 aromatic heterocycles. The van der Waals surface area contributed by atoms with Crippen molar-refractivity contribution < 1.29 is 9.32 Å². The number of anilines is 1. The first kappa shape index (κ1) is 18.2. The number of nitrogens with zero attached hydrogens (tertiary/aromatic N) is 5. The molecule has 1 saturated heterocycles. The summed E-state index contributed by atoms with van der Waals surface area (Å²) < 4.78 is 5.48. The molecule has 4 rings (SSSR count). The molecule has 7 nitrogen and oxygen atoms in total. The highest BCUT2D eigenvalue weighted by Gasteiger charge is 2.34. The molecular weight excluding hydrogens is 354 g/mol. The zero-order valence-electron chi connectivity index (χ0n) is 16.3. The summed E-state index contributed by atoms with van der Waals surface area (Å²) in [6.07, 6.45) is 3.54. The van der Waals surface area contributed by atoms with Gasteiger partial charge in [-0.15, -0.1) is 0 Å². The predicted octanol–water partition coefficient (Wildman–Crippen LogP) is 3.48. The van der Waals surface area contributed by atoms with Gasteiger partial charge in [-0.3, -0.25) is 4.79 Å². The SMILES string of the molecule is Cc1cc(-c2cnc(N(C)C)nc2[C@@H]2CCCN2C(=O)c2ccccc2)on1. The van der Waals surface area contributed by atoms with Gasteiger partial charge in [-0.2, -0.15) is 0 Å². The fourth-order valence-electron chi connectivity index (χ4n) is 3.58. The molecule has 1 aliphatic heterocycles. The van der Waals surface area contributed by atoms with Gasteiger partial charge in [-0.1, -0.05) is 23.4 Å². The molecule has 0 radical (unpaired) electrons. The van der Waals surface area contributed by atoms with Crippen molar-refractivity contribution in [2.75, 3.05) is 25.5 Å². The summed E-state index contributed by atoms with van der Waals surface area (Å²) in [5.74, 6) is 1.25. The van der Waals surface area contributed by atoms with Gasteiger partial charge in [0.05, 0.1) is 23.0 Å². The Morgan fingerprint density at radius 3 is 2.71 bits per heavy atom. The minimum absolute atomic E-state index is 0.0211. The van der Waals surface area contributed by atoms with Crippen molar-refractivity contribution in [3.05, 3.63) is 59.5 Å². The maximum atomic E-state index is 13.1. The number of rotatable bonds is 4. The molecule has 3 aromatic rings. The van der Waals surface area contributed by atoms with Crippen LogP contribution in [0.4, 0.5) is 5.95 Å². The van der Waals surface area contributed by atoms with Crippen molar-refractivity contribution in [3.63, 3.8) is 0 Å². The summed E-state index contributed by atoms with van der Waals surface area (Å²) >= 11 is 0. The standard InChI is InChI=1S/C21H23N5O2/c1-14-12-18(28-24-14)16-13-22-21(25(2)3)23-19(16)17-10-7-11-26(17)20(27)15-8-5-4-6-9-15/h4-6,8-9,12-13,17H,7,10-11H2,1-3H3/t17-/m0/s1. The van der Waals surface area contributed by atoms with Gasteiger partial charge in [0, 0.05) is 38.5 Å². The molecule has 0 N–H and O–H groups in total. The molecule has 0 unspecified atom stereocenters.